The molecule has 0 spiro atoms. The molecule has 0 aliphatic rings. The molecule has 0 N–H and O–H groups in total. The normalized spacial score (nSPS) is 13.5. The van der Waals surface area contributed by atoms with Crippen LogP contribution in [0.4, 0.5) is 0 Å². The lowest BCUT2D eigenvalue weighted by atomic mass is 10.0. The van der Waals surface area contributed by atoms with Crippen molar-refractivity contribution in [2.75, 3.05) is 0 Å². The van der Waals surface area contributed by atoms with Crippen LogP contribution in [0, 0.1) is 5.92 Å². The molecule has 1 unspecified atom stereocenters. The largest absolute Gasteiger partial charge is 0.303 e. The number of unbranched alkanes of at least 4 members (excludes halogenated alkanes) is 1. The Morgan fingerprint density at radius 2 is 2.08 bits per heavy atom. The molecule has 1 atom stereocenters. The fourth-order valence-corrected chi connectivity index (χ4v) is 1.06. The van der Waals surface area contributed by atoms with Crippen LogP contribution in [0.2, 0.25) is 0 Å². The number of allylic oxidation sites excluding steroid dienone is 2. The lowest BCUT2D eigenvalue weighted by molar-refractivity contribution is -0.107. The molecule has 1 nitrogen and oxygen atoms in total. The maximum Gasteiger partial charge on any atom is 0.123 e. The van der Waals surface area contributed by atoms with E-state index >= 15 is 0 Å². The van der Waals surface area contributed by atoms with Crippen LogP contribution in [-0.2, 0) is 4.79 Å². The van der Waals surface area contributed by atoms with Crippen molar-refractivity contribution in [3.63, 3.8) is 0 Å². The van der Waals surface area contributed by atoms with Crippen LogP contribution < -0.4 is 0 Å². The molecule has 0 amide bonds. The van der Waals surface area contributed by atoms with Crippen molar-refractivity contribution < 1.29 is 4.79 Å². The first-order chi connectivity index (χ1) is 5.81. The first-order valence-electron chi connectivity index (χ1n) is 4.89. The molecule has 0 radical (unpaired) electrons. The minimum atomic E-state index is 0.573. The summed E-state index contributed by atoms with van der Waals surface area (Å²) in [6, 6.07) is 0. The summed E-state index contributed by atoms with van der Waals surface area (Å²) >= 11 is 0. The summed E-state index contributed by atoms with van der Waals surface area (Å²) in [6.45, 7) is 4.52. The standard InChI is InChI=1S/C11H20O/c1-3-11(2)9-7-5-4-6-8-10-12/h4,6,10-11H,3,5,7-9H2,1-2H3. The summed E-state index contributed by atoms with van der Waals surface area (Å²) in [5.41, 5.74) is 0. The number of carbonyl (C=O) groups excluding carboxylic acids is 1. The molecule has 12 heavy (non-hydrogen) atoms. The number of hydrogen-bond acceptors (Lipinski definition) is 1. The first kappa shape index (κ1) is 11.4. The molecule has 0 aliphatic carbocycles. The smallest absolute Gasteiger partial charge is 0.123 e. The van der Waals surface area contributed by atoms with Gasteiger partial charge >= 0.3 is 0 Å². The molecule has 0 aromatic carbocycles. The van der Waals surface area contributed by atoms with Crippen LogP contribution >= 0.6 is 0 Å². The first-order valence-corrected chi connectivity index (χ1v) is 4.89. The van der Waals surface area contributed by atoms with Crippen molar-refractivity contribution in [1.29, 1.82) is 0 Å². The topological polar surface area (TPSA) is 17.1 Å². The Morgan fingerprint density at radius 3 is 2.67 bits per heavy atom. The van der Waals surface area contributed by atoms with Crippen LogP contribution in [0.25, 0.3) is 0 Å². The Bertz CT molecular complexity index is 127. The number of rotatable bonds is 7. The molecule has 0 bridgehead atoms. The van der Waals surface area contributed by atoms with E-state index in [0.717, 1.165) is 18.6 Å². The predicted octanol–water partition coefficient (Wildman–Crippen LogP) is 3.35. The molecule has 0 fully saturated rings. The highest BCUT2D eigenvalue weighted by Gasteiger charge is 1.95. The summed E-state index contributed by atoms with van der Waals surface area (Å²) in [5, 5.41) is 0. The van der Waals surface area contributed by atoms with E-state index in [1.54, 1.807) is 0 Å². The van der Waals surface area contributed by atoms with Gasteiger partial charge in [-0.1, -0.05) is 38.8 Å². The number of aldehydes is 1. The van der Waals surface area contributed by atoms with Gasteiger partial charge in [-0.05, 0) is 18.8 Å². The third-order valence-corrected chi connectivity index (χ3v) is 2.16. The highest BCUT2D eigenvalue weighted by molar-refractivity contribution is 5.51. The molecular formula is C11H20O. The van der Waals surface area contributed by atoms with Gasteiger partial charge in [0.15, 0.2) is 0 Å². The van der Waals surface area contributed by atoms with E-state index in [0.29, 0.717) is 6.42 Å². The second-order valence-electron chi connectivity index (χ2n) is 3.32. The lowest BCUT2D eigenvalue weighted by Gasteiger charge is -2.05. The maximum absolute atomic E-state index is 9.94. The average Bonchev–Trinajstić information content (AvgIpc) is 2.10. The van der Waals surface area contributed by atoms with Gasteiger partial charge in [0.1, 0.15) is 6.29 Å². The summed E-state index contributed by atoms with van der Waals surface area (Å²) < 4.78 is 0. The van der Waals surface area contributed by atoms with Crippen molar-refractivity contribution >= 4 is 6.29 Å². The van der Waals surface area contributed by atoms with Gasteiger partial charge in [-0.2, -0.15) is 0 Å². The van der Waals surface area contributed by atoms with Gasteiger partial charge in [0.2, 0.25) is 0 Å². The van der Waals surface area contributed by atoms with E-state index in [2.05, 4.69) is 19.9 Å². The van der Waals surface area contributed by atoms with Gasteiger partial charge < -0.3 is 4.79 Å². The van der Waals surface area contributed by atoms with Gasteiger partial charge in [-0.15, -0.1) is 0 Å². The second kappa shape index (κ2) is 8.51. The summed E-state index contributed by atoms with van der Waals surface area (Å²) in [5.74, 6) is 0.851. The van der Waals surface area contributed by atoms with E-state index in [1.807, 2.05) is 6.08 Å². The average molecular weight is 168 g/mol. The van der Waals surface area contributed by atoms with Crippen LogP contribution in [0.3, 0.4) is 0 Å². The minimum Gasteiger partial charge on any atom is -0.303 e. The Balaban J connectivity index is 3.14. The minimum absolute atomic E-state index is 0.573. The highest BCUT2D eigenvalue weighted by atomic mass is 16.1. The summed E-state index contributed by atoms with van der Waals surface area (Å²) in [4.78, 5) is 9.94. The van der Waals surface area contributed by atoms with E-state index < -0.39 is 0 Å². The Kier molecular flexibility index (Phi) is 8.09. The fraction of sp³-hybridized carbons (Fsp3) is 0.727. The Hall–Kier alpha value is -0.590. The molecule has 1 heteroatoms. The Morgan fingerprint density at radius 1 is 1.33 bits per heavy atom. The van der Waals surface area contributed by atoms with E-state index in [-0.39, 0.29) is 0 Å². The van der Waals surface area contributed by atoms with Crippen molar-refractivity contribution in [3.05, 3.63) is 12.2 Å². The zero-order chi connectivity index (χ0) is 9.23. The van der Waals surface area contributed by atoms with Gasteiger partial charge in [-0.3, -0.25) is 0 Å². The zero-order valence-corrected chi connectivity index (χ0v) is 8.25. The number of carbonyl (C=O) groups is 1. The zero-order valence-electron chi connectivity index (χ0n) is 8.25. The lowest BCUT2D eigenvalue weighted by Crippen LogP contribution is -1.90. The molecule has 0 rings (SSSR count). The van der Waals surface area contributed by atoms with Crippen molar-refractivity contribution in [2.45, 2.75) is 46.0 Å². The molecule has 0 saturated heterocycles. The second-order valence-corrected chi connectivity index (χ2v) is 3.32. The van der Waals surface area contributed by atoms with E-state index in [9.17, 15) is 4.79 Å². The van der Waals surface area contributed by atoms with Crippen LogP contribution in [-0.4, -0.2) is 6.29 Å². The van der Waals surface area contributed by atoms with Crippen LogP contribution in [0.5, 0.6) is 0 Å². The van der Waals surface area contributed by atoms with E-state index in [4.69, 9.17) is 0 Å². The molecule has 0 aromatic rings. The summed E-state index contributed by atoms with van der Waals surface area (Å²) in [7, 11) is 0. The van der Waals surface area contributed by atoms with E-state index in [1.165, 1.54) is 19.3 Å². The van der Waals surface area contributed by atoms with Crippen molar-refractivity contribution in [2.24, 2.45) is 5.92 Å². The van der Waals surface area contributed by atoms with Crippen LogP contribution in [0.15, 0.2) is 12.2 Å². The van der Waals surface area contributed by atoms with Gasteiger partial charge in [-0.25, -0.2) is 0 Å². The SMILES string of the molecule is CCC(C)CCCC=CCC=O. The maximum atomic E-state index is 9.94. The van der Waals surface area contributed by atoms with Crippen LogP contribution in [0.1, 0.15) is 46.0 Å². The van der Waals surface area contributed by atoms with Crippen molar-refractivity contribution in [1.82, 2.24) is 0 Å². The molecule has 0 heterocycles. The van der Waals surface area contributed by atoms with Crippen molar-refractivity contribution in [3.8, 4) is 0 Å². The molecule has 70 valence electrons. The highest BCUT2D eigenvalue weighted by Crippen LogP contribution is 2.10. The quantitative estimate of drug-likeness (QED) is 0.324. The Labute approximate surface area is 75.9 Å². The van der Waals surface area contributed by atoms with Gasteiger partial charge in [0.05, 0.1) is 0 Å². The van der Waals surface area contributed by atoms with Gasteiger partial charge in [0.25, 0.3) is 0 Å². The molecule has 0 aliphatic heterocycles. The fourth-order valence-electron chi connectivity index (χ4n) is 1.06. The van der Waals surface area contributed by atoms with Gasteiger partial charge in [0, 0.05) is 6.42 Å². The summed E-state index contributed by atoms with van der Waals surface area (Å²) in [6.07, 6.45) is 10.5. The third-order valence-electron chi connectivity index (χ3n) is 2.16. The number of hydrogen-bond donors (Lipinski definition) is 0. The predicted molar refractivity (Wildman–Crippen MR) is 53.1 cm³/mol. The molecular weight excluding hydrogens is 148 g/mol. The third kappa shape index (κ3) is 7.52. The molecule has 0 saturated carbocycles. The monoisotopic (exact) mass is 168 g/mol. The molecule has 0 aromatic heterocycles.